The number of nitrogens with one attached hydrogen (secondary N) is 1. The first-order valence-electron chi connectivity index (χ1n) is 10.7. The number of piperidine rings is 1. The van der Waals surface area contributed by atoms with Crippen molar-refractivity contribution in [3.8, 4) is 0 Å². The van der Waals surface area contributed by atoms with E-state index in [1.54, 1.807) is 35.2 Å². The number of carboxylic acids is 1. The Kier molecular flexibility index (Phi) is 8.19. The fourth-order valence-electron chi connectivity index (χ4n) is 4.06. The Morgan fingerprint density at radius 2 is 1.91 bits per heavy atom. The average molecular weight is 442 g/mol. The van der Waals surface area contributed by atoms with Gasteiger partial charge in [-0.2, -0.15) is 0 Å². The Bertz CT molecular complexity index is 932. The molecule has 1 fully saturated rings. The van der Waals surface area contributed by atoms with E-state index < -0.39 is 5.97 Å². The van der Waals surface area contributed by atoms with E-state index in [1.165, 1.54) is 24.5 Å². The topological polar surface area (TPSA) is 99.9 Å². The second kappa shape index (κ2) is 11.3. The van der Waals surface area contributed by atoms with E-state index in [4.69, 9.17) is 4.42 Å². The van der Waals surface area contributed by atoms with Gasteiger partial charge in [0.2, 0.25) is 11.8 Å². The van der Waals surface area contributed by atoms with E-state index in [0.29, 0.717) is 31.7 Å². The van der Waals surface area contributed by atoms with Crippen LogP contribution in [0, 0.1) is 11.7 Å². The number of amides is 2. The zero-order chi connectivity index (χ0) is 22.9. The quantitative estimate of drug-likeness (QED) is 0.580. The standard InChI is InChI=1S/C24H27FN2O5/c25-19-5-3-17(4-6-19)21(16-24(30)31)18-10-13-27(14-11-18)23(29)9-12-26-22(28)8-7-20-2-1-15-32-20/h1-8,15,18,21H,9-14,16H2,(H,26,28)(H,30,31)/b8-7+. The van der Waals surface area contributed by atoms with Gasteiger partial charge in [0.1, 0.15) is 11.6 Å². The Balaban J connectivity index is 1.45. The third-order valence-corrected chi connectivity index (χ3v) is 5.73. The zero-order valence-electron chi connectivity index (χ0n) is 17.7. The van der Waals surface area contributed by atoms with Gasteiger partial charge in [0.25, 0.3) is 0 Å². The summed E-state index contributed by atoms with van der Waals surface area (Å²) in [6.07, 6.45) is 5.95. The van der Waals surface area contributed by atoms with Crippen molar-refractivity contribution in [2.45, 2.75) is 31.6 Å². The molecule has 1 aliphatic heterocycles. The van der Waals surface area contributed by atoms with E-state index in [0.717, 1.165) is 5.56 Å². The Morgan fingerprint density at radius 1 is 1.19 bits per heavy atom. The first-order valence-corrected chi connectivity index (χ1v) is 10.7. The number of carbonyl (C=O) groups is 3. The molecule has 2 N–H and O–H groups in total. The maximum Gasteiger partial charge on any atom is 0.303 e. The minimum Gasteiger partial charge on any atom is -0.481 e. The summed E-state index contributed by atoms with van der Waals surface area (Å²) in [4.78, 5) is 37.4. The number of furan rings is 1. The van der Waals surface area contributed by atoms with Crippen molar-refractivity contribution in [2.24, 2.45) is 5.92 Å². The number of carboxylic acid groups (broad SMARTS) is 1. The molecular formula is C24H27FN2O5. The van der Waals surface area contributed by atoms with E-state index in [-0.39, 0.29) is 48.9 Å². The third kappa shape index (κ3) is 6.80. The van der Waals surface area contributed by atoms with E-state index in [1.807, 2.05) is 0 Å². The van der Waals surface area contributed by atoms with Crippen molar-refractivity contribution in [3.63, 3.8) is 0 Å². The van der Waals surface area contributed by atoms with Crippen LogP contribution in [0.4, 0.5) is 4.39 Å². The van der Waals surface area contributed by atoms with E-state index >= 15 is 0 Å². The van der Waals surface area contributed by atoms with Gasteiger partial charge in [0, 0.05) is 32.1 Å². The SMILES string of the molecule is O=C(O)CC(c1ccc(F)cc1)C1CCN(C(=O)CCNC(=O)/C=C/c2ccco2)CC1. The van der Waals surface area contributed by atoms with Crippen molar-refractivity contribution in [3.05, 3.63) is 65.9 Å². The summed E-state index contributed by atoms with van der Waals surface area (Å²) in [6, 6.07) is 9.44. The molecule has 1 saturated heterocycles. The van der Waals surface area contributed by atoms with Gasteiger partial charge >= 0.3 is 5.97 Å². The van der Waals surface area contributed by atoms with Crippen molar-refractivity contribution in [1.82, 2.24) is 10.2 Å². The van der Waals surface area contributed by atoms with Crippen LogP contribution < -0.4 is 5.32 Å². The highest BCUT2D eigenvalue weighted by molar-refractivity contribution is 5.91. The normalized spacial score (nSPS) is 15.6. The van der Waals surface area contributed by atoms with Crippen molar-refractivity contribution in [2.75, 3.05) is 19.6 Å². The maximum absolute atomic E-state index is 13.3. The van der Waals surface area contributed by atoms with Crippen LogP contribution >= 0.6 is 0 Å². The first kappa shape index (κ1) is 23.2. The summed E-state index contributed by atoms with van der Waals surface area (Å²) in [6.45, 7) is 1.30. The molecule has 0 aliphatic carbocycles. The van der Waals surface area contributed by atoms with Gasteiger partial charge in [-0.25, -0.2) is 4.39 Å². The maximum atomic E-state index is 13.3. The smallest absolute Gasteiger partial charge is 0.303 e. The van der Waals surface area contributed by atoms with Crippen LogP contribution in [0.3, 0.4) is 0 Å². The molecule has 1 aromatic carbocycles. The molecule has 2 heterocycles. The summed E-state index contributed by atoms with van der Waals surface area (Å²) in [7, 11) is 0. The molecular weight excluding hydrogens is 415 g/mol. The highest BCUT2D eigenvalue weighted by Crippen LogP contribution is 2.35. The Labute approximate surface area is 185 Å². The summed E-state index contributed by atoms with van der Waals surface area (Å²) in [5.74, 6) is -1.14. The van der Waals surface area contributed by atoms with Crippen LogP contribution in [-0.4, -0.2) is 47.4 Å². The number of carbonyl (C=O) groups excluding carboxylic acids is 2. The third-order valence-electron chi connectivity index (χ3n) is 5.73. The molecule has 8 heteroatoms. The number of hydrogen-bond donors (Lipinski definition) is 2. The minimum atomic E-state index is -0.894. The van der Waals surface area contributed by atoms with E-state index in [9.17, 15) is 23.9 Å². The van der Waals surface area contributed by atoms with Crippen molar-refractivity contribution in [1.29, 1.82) is 0 Å². The lowest BCUT2D eigenvalue weighted by Crippen LogP contribution is -2.41. The summed E-state index contributed by atoms with van der Waals surface area (Å²) >= 11 is 0. The molecule has 2 aromatic rings. The number of benzene rings is 1. The van der Waals surface area contributed by atoms with Crippen LogP contribution in [0.2, 0.25) is 0 Å². The zero-order valence-corrected chi connectivity index (χ0v) is 17.7. The van der Waals surface area contributed by atoms with Gasteiger partial charge in [-0.05, 0) is 60.6 Å². The van der Waals surface area contributed by atoms with Crippen molar-refractivity contribution < 1.29 is 28.3 Å². The average Bonchev–Trinajstić information content (AvgIpc) is 3.30. The van der Waals surface area contributed by atoms with Crippen LogP contribution in [0.5, 0.6) is 0 Å². The van der Waals surface area contributed by atoms with Gasteiger partial charge in [-0.15, -0.1) is 0 Å². The molecule has 170 valence electrons. The van der Waals surface area contributed by atoms with Crippen LogP contribution in [0.1, 0.15) is 42.9 Å². The fourth-order valence-corrected chi connectivity index (χ4v) is 4.06. The van der Waals surface area contributed by atoms with Gasteiger partial charge < -0.3 is 19.7 Å². The molecule has 1 unspecified atom stereocenters. The Hall–Kier alpha value is -3.42. The lowest BCUT2D eigenvalue weighted by atomic mass is 9.78. The monoisotopic (exact) mass is 442 g/mol. The summed E-state index contributed by atoms with van der Waals surface area (Å²) in [5, 5.41) is 12.0. The van der Waals surface area contributed by atoms with Crippen molar-refractivity contribution >= 4 is 23.9 Å². The second-order valence-electron chi connectivity index (χ2n) is 7.86. The molecule has 32 heavy (non-hydrogen) atoms. The van der Waals surface area contributed by atoms with Crippen LogP contribution in [0.25, 0.3) is 6.08 Å². The number of likely N-dealkylation sites (tertiary alicyclic amines) is 1. The molecule has 0 saturated carbocycles. The fraction of sp³-hybridized carbons (Fsp3) is 0.375. The predicted octanol–water partition coefficient (Wildman–Crippen LogP) is 3.44. The molecule has 1 aromatic heterocycles. The molecule has 3 rings (SSSR count). The molecule has 0 radical (unpaired) electrons. The second-order valence-corrected chi connectivity index (χ2v) is 7.86. The Morgan fingerprint density at radius 3 is 2.53 bits per heavy atom. The first-order chi connectivity index (χ1) is 15.4. The largest absolute Gasteiger partial charge is 0.481 e. The molecule has 0 spiro atoms. The molecule has 2 amide bonds. The predicted molar refractivity (Wildman–Crippen MR) is 116 cm³/mol. The molecule has 7 nitrogen and oxygen atoms in total. The number of nitrogens with zero attached hydrogens (tertiary/aromatic N) is 1. The number of hydrogen-bond acceptors (Lipinski definition) is 4. The highest BCUT2D eigenvalue weighted by atomic mass is 19.1. The lowest BCUT2D eigenvalue weighted by Gasteiger charge is -2.36. The van der Waals surface area contributed by atoms with Gasteiger partial charge in [0.05, 0.1) is 12.7 Å². The lowest BCUT2D eigenvalue weighted by molar-refractivity contribution is -0.138. The van der Waals surface area contributed by atoms with Gasteiger partial charge in [-0.1, -0.05) is 12.1 Å². The summed E-state index contributed by atoms with van der Waals surface area (Å²) < 4.78 is 18.4. The van der Waals surface area contributed by atoms with Gasteiger partial charge in [0.15, 0.2) is 0 Å². The summed E-state index contributed by atoms with van der Waals surface area (Å²) in [5.41, 5.74) is 0.809. The number of aliphatic carboxylic acids is 1. The highest BCUT2D eigenvalue weighted by Gasteiger charge is 2.30. The number of halogens is 1. The molecule has 1 atom stereocenters. The minimum absolute atomic E-state index is 0.0260. The van der Waals surface area contributed by atoms with Crippen LogP contribution in [0.15, 0.2) is 53.2 Å². The number of rotatable bonds is 9. The van der Waals surface area contributed by atoms with Gasteiger partial charge in [-0.3, -0.25) is 14.4 Å². The molecule has 1 aliphatic rings. The molecule has 0 bridgehead atoms. The van der Waals surface area contributed by atoms with E-state index in [2.05, 4.69) is 5.32 Å². The van der Waals surface area contributed by atoms with Crippen LogP contribution in [-0.2, 0) is 14.4 Å².